The molecule has 0 aromatic heterocycles. The van der Waals surface area contributed by atoms with E-state index in [-0.39, 0.29) is 0 Å². The fourth-order valence-electron chi connectivity index (χ4n) is 2.15. The van der Waals surface area contributed by atoms with Crippen molar-refractivity contribution in [3.8, 4) is 11.8 Å². The van der Waals surface area contributed by atoms with E-state index in [0.717, 1.165) is 12.2 Å². The first-order chi connectivity index (χ1) is 9.67. The number of nitrogens with zero attached hydrogens (tertiary/aromatic N) is 1. The first-order valence-electron chi connectivity index (χ1n) is 6.98. The van der Waals surface area contributed by atoms with Crippen LogP contribution in [0.5, 0.6) is 5.75 Å². The fraction of sp³-hybridized carbons (Fsp3) is 0.353. The minimum Gasteiger partial charge on any atom is -0.494 e. The minimum absolute atomic E-state index is 0.582. The SMILES string of the molecule is CCC(N)(C#N)CCCOc1ccc2ccccc2c1. The van der Waals surface area contributed by atoms with Crippen LogP contribution in [0.2, 0.25) is 0 Å². The lowest BCUT2D eigenvalue weighted by Crippen LogP contribution is -2.37. The molecule has 1 unspecified atom stereocenters. The molecule has 0 radical (unpaired) electrons. The van der Waals surface area contributed by atoms with Crippen molar-refractivity contribution < 1.29 is 4.74 Å². The maximum Gasteiger partial charge on any atom is 0.119 e. The predicted octanol–water partition coefficient (Wildman–Crippen LogP) is 3.63. The number of hydrogen-bond acceptors (Lipinski definition) is 3. The van der Waals surface area contributed by atoms with Crippen LogP contribution in [-0.4, -0.2) is 12.1 Å². The average molecular weight is 268 g/mol. The first-order valence-corrected chi connectivity index (χ1v) is 6.98. The van der Waals surface area contributed by atoms with Gasteiger partial charge in [0.15, 0.2) is 0 Å². The molecule has 2 aromatic rings. The molecule has 0 fully saturated rings. The zero-order chi connectivity index (χ0) is 14.4. The molecule has 0 heterocycles. The zero-order valence-electron chi connectivity index (χ0n) is 11.8. The number of nitrogens with two attached hydrogens (primary N) is 1. The second-order valence-electron chi connectivity index (χ2n) is 5.08. The first kappa shape index (κ1) is 14.4. The maximum absolute atomic E-state index is 9.00. The Morgan fingerprint density at radius 3 is 2.65 bits per heavy atom. The van der Waals surface area contributed by atoms with Crippen molar-refractivity contribution in [2.24, 2.45) is 5.73 Å². The van der Waals surface area contributed by atoms with Gasteiger partial charge < -0.3 is 10.5 Å². The fourth-order valence-corrected chi connectivity index (χ4v) is 2.15. The van der Waals surface area contributed by atoms with Gasteiger partial charge in [0.05, 0.1) is 12.7 Å². The molecular formula is C17H20N2O. The lowest BCUT2D eigenvalue weighted by Gasteiger charge is -2.19. The van der Waals surface area contributed by atoms with E-state index < -0.39 is 5.54 Å². The van der Waals surface area contributed by atoms with E-state index in [1.165, 1.54) is 10.8 Å². The highest BCUT2D eigenvalue weighted by Gasteiger charge is 2.20. The third-order valence-electron chi connectivity index (χ3n) is 3.61. The molecule has 0 saturated carbocycles. The summed E-state index contributed by atoms with van der Waals surface area (Å²) in [6, 6.07) is 16.4. The minimum atomic E-state index is -0.716. The third-order valence-corrected chi connectivity index (χ3v) is 3.61. The van der Waals surface area contributed by atoms with Crippen molar-refractivity contribution in [3.05, 3.63) is 42.5 Å². The van der Waals surface area contributed by atoms with Crippen LogP contribution in [0.15, 0.2) is 42.5 Å². The van der Waals surface area contributed by atoms with Gasteiger partial charge >= 0.3 is 0 Å². The van der Waals surface area contributed by atoms with Crippen LogP contribution in [0.4, 0.5) is 0 Å². The molecule has 1 atom stereocenters. The molecule has 3 nitrogen and oxygen atoms in total. The molecule has 0 aliphatic carbocycles. The molecule has 3 heteroatoms. The Kier molecular flexibility index (Phi) is 4.60. The van der Waals surface area contributed by atoms with E-state index in [1.807, 2.05) is 31.2 Å². The quantitative estimate of drug-likeness (QED) is 0.814. The molecule has 2 N–H and O–H groups in total. The van der Waals surface area contributed by atoms with Gasteiger partial charge in [0.25, 0.3) is 0 Å². The summed E-state index contributed by atoms with van der Waals surface area (Å²) in [7, 11) is 0. The summed E-state index contributed by atoms with van der Waals surface area (Å²) >= 11 is 0. The lowest BCUT2D eigenvalue weighted by atomic mass is 9.94. The van der Waals surface area contributed by atoms with Gasteiger partial charge in [-0.1, -0.05) is 37.3 Å². The molecule has 2 aromatic carbocycles. The third kappa shape index (κ3) is 3.49. The highest BCUT2D eigenvalue weighted by molar-refractivity contribution is 5.83. The lowest BCUT2D eigenvalue weighted by molar-refractivity contribution is 0.292. The van der Waals surface area contributed by atoms with Gasteiger partial charge in [0.1, 0.15) is 11.3 Å². The standard InChI is InChI=1S/C17H20N2O/c1-2-17(19,13-18)10-5-11-20-16-9-8-14-6-3-4-7-15(14)12-16/h3-4,6-9,12H,2,5,10-11,19H2,1H3. The van der Waals surface area contributed by atoms with Gasteiger partial charge in [-0.05, 0) is 42.2 Å². The highest BCUT2D eigenvalue weighted by Crippen LogP contribution is 2.21. The second kappa shape index (κ2) is 6.40. The summed E-state index contributed by atoms with van der Waals surface area (Å²) in [4.78, 5) is 0. The highest BCUT2D eigenvalue weighted by atomic mass is 16.5. The normalized spacial score (nSPS) is 13.7. The molecule has 0 aliphatic rings. The summed E-state index contributed by atoms with van der Waals surface area (Å²) in [5.74, 6) is 0.861. The summed E-state index contributed by atoms with van der Waals surface area (Å²) in [6.45, 7) is 2.52. The van der Waals surface area contributed by atoms with Gasteiger partial charge in [-0.2, -0.15) is 5.26 Å². The summed E-state index contributed by atoms with van der Waals surface area (Å²) < 4.78 is 5.73. The molecule has 0 spiro atoms. The van der Waals surface area contributed by atoms with Gasteiger partial charge in [-0.15, -0.1) is 0 Å². The van der Waals surface area contributed by atoms with Gasteiger partial charge in [0, 0.05) is 0 Å². The van der Waals surface area contributed by atoms with Crippen molar-refractivity contribution in [2.75, 3.05) is 6.61 Å². The van der Waals surface area contributed by atoms with E-state index in [4.69, 9.17) is 15.7 Å². The zero-order valence-corrected chi connectivity index (χ0v) is 11.8. The molecule has 0 bridgehead atoms. The Morgan fingerprint density at radius 2 is 1.95 bits per heavy atom. The van der Waals surface area contributed by atoms with E-state index in [2.05, 4.69) is 24.3 Å². The predicted molar refractivity (Wildman–Crippen MR) is 81.5 cm³/mol. The van der Waals surface area contributed by atoms with Crippen LogP contribution in [0.25, 0.3) is 10.8 Å². The monoisotopic (exact) mass is 268 g/mol. The Labute approximate surface area is 120 Å². The number of benzene rings is 2. The molecule has 0 saturated heterocycles. The van der Waals surface area contributed by atoms with Crippen LogP contribution in [0.3, 0.4) is 0 Å². The van der Waals surface area contributed by atoms with E-state index in [9.17, 15) is 0 Å². The van der Waals surface area contributed by atoms with Gasteiger partial charge in [-0.3, -0.25) is 0 Å². The van der Waals surface area contributed by atoms with Crippen LogP contribution >= 0.6 is 0 Å². The summed E-state index contributed by atoms with van der Waals surface area (Å²) in [6.07, 6.45) is 2.11. The summed E-state index contributed by atoms with van der Waals surface area (Å²) in [5.41, 5.74) is 5.22. The number of nitriles is 1. The molecular weight excluding hydrogens is 248 g/mol. The van der Waals surface area contributed by atoms with Gasteiger partial charge in [-0.25, -0.2) is 0 Å². The molecule has 2 rings (SSSR count). The van der Waals surface area contributed by atoms with Crippen LogP contribution < -0.4 is 10.5 Å². The molecule has 0 amide bonds. The van der Waals surface area contributed by atoms with Crippen LogP contribution in [0, 0.1) is 11.3 Å². The topological polar surface area (TPSA) is 59.0 Å². The van der Waals surface area contributed by atoms with Crippen molar-refractivity contribution in [1.29, 1.82) is 5.26 Å². The average Bonchev–Trinajstić information content (AvgIpc) is 2.51. The van der Waals surface area contributed by atoms with E-state index >= 15 is 0 Å². The van der Waals surface area contributed by atoms with Crippen molar-refractivity contribution in [2.45, 2.75) is 31.7 Å². The Morgan fingerprint density at radius 1 is 1.20 bits per heavy atom. The van der Waals surface area contributed by atoms with E-state index in [1.54, 1.807) is 0 Å². The van der Waals surface area contributed by atoms with Crippen molar-refractivity contribution >= 4 is 10.8 Å². The molecule has 20 heavy (non-hydrogen) atoms. The largest absolute Gasteiger partial charge is 0.494 e. The molecule has 104 valence electrons. The number of hydrogen-bond donors (Lipinski definition) is 1. The molecule has 0 aliphatic heterocycles. The van der Waals surface area contributed by atoms with E-state index in [0.29, 0.717) is 19.4 Å². The van der Waals surface area contributed by atoms with Crippen molar-refractivity contribution in [1.82, 2.24) is 0 Å². The maximum atomic E-state index is 9.00. The van der Waals surface area contributed by atoms with Crippen LogP contribution in [0.1, 0.15) is 26.2 Å². The summed E-state index contributed by atoms with van der Waals surface area (Å²) in [5, 5.41) is 11.4. The number of fused-ring (bicyclic) bond motifs is 1. The Hall–Kier alpha value is -2.05. The second-order valence-corrected chi connectivity index (χ2v) is 5.08. The number of ether oxygens (including phenoxy) is 1. The Bertz CT molecular complexity index is 618. The van der Waals surface area contributed by atoms with Crippen molar-refractivity contribution in [3.63, 3.8) is 0 Å². The van der Waals surface area contributed by atoms with Crippen LogP contribution in [-0.2, 0) is 0 Å². The van der Waals surface area contributed by atoms with Gasteiger partial charge in [0.2, 0.25) is 0 Å². The number of rotatable bonds is 6. The smallest absolute Gasteiger partial charge is 0.119 e. The Balaban J connectivity index is 1.89.